The zero-order valence-corrected chi connectivity index (χ0v) is 15.6. The number of nitrogens with one attached hydrogen (secondary N) is 1. The fraction of sp³-hybridized carbons (Fsp3) is 0.222. The van der Waals surface area contributed by atoms with Crippen LogP contribution in [0.1, 0.15) is 33.3 Å². The Balaban J connectivity index is 2.27. The van der Waals surface area contributed by atoms with Gasteiger partial charge in [0.25, 0.3) is 0 Å². The van der Waals surface area contributed by atoms with Crippen LogP contribution in [-0.2, 0) is 16.0 Å². The third kappa shape index (κ3) is 4.27. The highest BCUT2D eigenvalue weighted by Crippen LogP contribution is 2.34. The van der Waals surface area contributed by atoms with E-state index in [0.29, 0.717) is 17.0 Å². The van der Waals surface area contributed by atoms with Gasteiger partial charge in [0, 0.05) is 16.5 Å². The number of aryl methyl sites for hydroxylation is 1. The highest BCUT2D eigenvalue weighted by Gasteiger charge is 2.22. The fourth-order valence-corrected chi connectivity index (χ4v) is 3.76. The summed E-state index contributed by atoms with van der Waals surface area (Å²) in [5.41, 5.74) is 1.33. The number of benzene rings is 1. The smallest absolute Gasteiger partial charge is 0.341 e. The van der Waals surface area contributed by atoms with Gasteiger partial charge in [0.05, 0.1) is 17.7 Å². The highest BCUT2D eigenvalue weighted by molar-refractivity contribution is 7.16. The summed E-state index contributed by atoms with van der Waals surface area (Å²) in [5.74, 6) is -1.52. The third-order valence-corrected chi connectivity index (χ3v) is 4.98. The Kier molecular flexibility index (Phi) is 6.33. The number of halogens is 2. The average Bonchev–Trinajstić information content (AvgIpc) is 2.88. The number of rotatable bonds is 5. The molecule has 0 atom stereocenters. The summed E-state index contributed by atoms with van der Waals surface area (Å²) in [6, 6.07) is 4.28. The Bertz CT molecular complexity index is 825. The normalized spacial score (nSPS) is 10.9. The molecule has 7 heteroatoms. The van der Waals surface area contributed by atoms with Crippen molar-refractivity contribution in [3.63, 3.8) is 0 Å². The third-order valence-electron chi connectivity index (χ3n) is 3.59. The van der Waals surface area contributed by atoms with Crippen LogP contribution in [0.3, 0.4) is 0 Å². The Morgan fingerprint density at radius 1 is 1.40 bits per heavy atom. The summed E-state index contributed by atoms with van der Waals surface area (Å²) in [4.78, 5) is 25.1. The number of carbonyl (C=O) groups excluding carboxylic acids is 2. The topological polar surface area (TPSA) is 55.4 Å². The first-order valence-electron chi connectivity index (χ1n) is 7.52. The Hall–Kier alpha value is -2.18. The van der Waals surface area contributed by atoms with Crippen molar-refractivity contribution in [2.45, 2.75) is 20.3 Å². The van der Waals surface area contributed by atoms with E-state index in [0.717, 1.165) is 10.4 Å². The fourth-order valence-electron chi connectivity index (χ4n) is 2.39. The van der Waals surface area contributed by atoms with Gasteiger partial charge in [-0.2, -0.15) is 0 Å². The number of hydrogen-bond donors (Lipinski definition) is 1. The molecule has 0 saturated carbocycles. The van der Waals surface area contributed by atoms with E-state index in [1.165, 1.54) is 48.8 Å². The highest BCUT2D eigenvalue weighted by atomic mass is 35.5. The lowest BCUT2D eigenvalue weighted by Gasteiger charge is -2.05. The molecule has 1 heterocycles. The standard InChI is InChI=1S/C18H17ClFNO3S/c1-4-11-10(2)25-17(16(11)18(23)24-3)21-15(22)9-8-12-13(19)6-5-7-14(12)20/h5-9H,4H2,1-3H3,(H,21,22)/b9-8+. The maximum atomic E-state index is 13.7. The Labute approximate surface area is 154 Å². The summed E-state index contributed by atoms with van der Waals surface area (Å²) >= 11 is 7.22. The quantitative estimate of drug-likeness (QED) is 0.595. The van der Waals surface area contributed by atoms with Crippen molar-refractivity contribution in [3.05, 3.63) is 56.7 Å². The van der Waals surface area contributed by atoms with E-state index in [1.807, 2.05) is 13.8 Å². The van der Waals surface area contributed by atoms with Crippen molar-refractivity contribution in [3.8, 4) is 0 Å². The number of ether oxygens (including phenoxy) is 1. The van der Waals surface area contributed by atoms with Gasteiger partial charge in [0.1, 0.15) is 10.8 Å². The molecule has 4 nitrogen and oxygen atoms in total. The van der Waals surface area contributed by atoms with Crippen LogP contribution in [-0.4, -0.2) is 19.0 Å². The van der Waals surface area contributed by atoms with Crippen molar-refractivity contribution in [2.75, 3.05) is 12.4 Å². The number of thiophene rings is 1. The second-order valence-corrected chi connectivity index (χ2v) is 6.78. The van der Waals surface area contributed by atoms with Crippen LogP contribution < -0.4 is 5.32 Å². The molecule has 0 saturated heterocycles. The summed E-state index contributed by atoms with van der Waals surface area (Å²) in [5, 5.41) is 3.28. The molecule has 0 aliphatic rings. The minimum absolute atomic E-state index is 0.129. The Morgan fingerprint density at radius 2 is 2.12 bits per heavy atom. The molecule has 0 bridgehead atoms. The minimum Gasteiger partial charge on any atom is -0.465 e. The Morgan fingerprint density at radius 3 is 2.72 bits per heavy atom. The molecule has 0 radical (unpaired) electrons. The van der Waals surface area contributed by atoms with Gasteiger partial charge in [-0.15, -0.1) is 11.3 Å². The van der Waals surface area contributed by atoms with Crippen molar-refractivity contribution in [1.82, 2.24) is 0 Å². The van der Waals surface area contributed by atoms with Crippen LogP contribution in [0.2, 0.25) is 5.02 Å². The van der Waals surface area contributed by atoms with Gasteiger partial charge < -0.3 is 10.1 Å². The molecular formula is C18H17ClFNO3S. The molecular weight excluding hydrogens is 365 g/mol. The SMILES string of the molecule is CCc1c(C)sc(NC(=O)/C=C/c2c(F)cccc2Cl)c1C(=O)OC. The van der Waals surface area contributed by atoms with E-state index in [2.05, 4.69) is 5.32 Å². The summed E-state index contributed by atoms with van der Waals surface area (Å²) in [6.45, 7) is 3.80. The molecule has 1 N–H and O–H groups in total. The molecule has 1 aromatic heterocycles. The molecule has 25 heavy (non-hydrogen) atoms. The summed E-state index contributed by atoms with van der Waals surface area (Å²) in [6.07, 6.45) is 3.11. The second-order valence-electron chi connectivity index (χ2n) is 5.14. The van der Waals surface area contributed by atoms with Gasteiger partial charge in [0.15, 0.2) is 0 Å². The lowest BCUT2D eigenvalue weighted by atomic mass is 10.1. The molecule has 0 aliphatic carbocycles. The van der Waals surface area contributed by atoms with E-state index in [4.69, 9.17) is 16.3 Å². The van der Waals surface area contributed by atoms with Gasteiger partial charge in [-0.1, -0.05) is 24.6 Å². The van der Waals surface area contributed by atoms with Crippen molar-refractivity contribution < 1.29 is 18.7 Å². The first kappa shape index (κ1) is 19.1. The van der Waals surface area contributed by atoms with Crippen LogP contribution in [0.4, 0.5) is 9.39 Å². The zero-order valence-electron chi connectivity index (χ0n) is 14.0. The molecule has 1 aromatic carbocycles. The first-order valence-corrected chi connectivity index (χ1v) is 8.72. The molecule has 0 aliphatic heterocycles. The molecule has 2 rings (SSSR count). The number of carbonyl (C=O) groups is 2. The van der Waals surface area contributed by atoms with Gasteiger partial charge in [-0.3, -0.25) is 4.79 Å². The van der Waals surface area contributed by atoms with E-state index in [-0.39, 0.29) is 10.6 Å². The predicted octanol–water partition coefficient (Wildman–Crippen LogP) is 4.85. The lowest BCUT2D eigenvalue weighted by Crippen LogP contribution is -2.12. The molecule has 2 aromatic rings. The average molecular weight is 382 g/mol. The van der Waals surface area contributed by atoms with E-state index in [1.54, 1.807) is 0 Å². The number of methoxy groups -OCH3 is 1. The minimum atomic E-state index is -0.521. The van der Waals surface area contributed by atoms with Crippen LogP contribution >= 0.6 is 22.9 Å². The number of hydrogen-bond acceptors (Lipinski definition) is 4. The van der Waals surface area contributed by atoms with Crippen LogP contribution in [0.5, 0.6) is 0 Å². The van der Waals surface area contributed by atoms with Crippen molar-refractivity contribution in [1.29, 1.82) is 0 Å². The van der Waals surface area contributed by atoms with Crippen molar-refractivity contribution in [2.24, 2.45) is 0 Å². The van der Waals surface area contributed by atoms with Crippen LogP contribution in [0.25, 0.3) is 6.08 Å². The first-order chi connectivity index (χ1) is 11.9. The van der Waals surface area contributed by atoms with Gasteiger partial charge in [-0.25, -0.2) is 9.18 Å². The zero-order chi connectivity index (χ0) is 18.6. The molecule has 1 amide bonds. The number of esters is 1. The van der Waals surface area contributed by atoms with E-state index >= 15 is 0 Å². The van der Waals surface area contributed by atoms with Crippen molar-refractivity contribution >= 4 is 45.9 Å². The molecule has 0 spiro atoms. The van der Waals surface area contributed by atoms with E-state index in [9.17, 15) is 14.0 Å². The maximum Gasteiger partial charge on any atom is 0.341 e. The second kappa shape index (κ2) is 8.27. The molecule has 0 unspecified atom stereocenters. The largest absolute Gasteiger partial charge is 0.465 e. The van der Waals surface area contributed by atoms with Gasteiger partial charge in [-0.05, 0) is 37.1 Å². The van der Waals surface area contributed by atoms with Crippen LogP contribution in [0, 0.1) is 12.7 Å². The van der Waals surface area contributed by atoms with Gasteiger partial charge in [0.2, 0.25) is 5.91 Å². The van der Waals surface area contributed by atoms with Gasteiger partial charge >= 0.3 is 5.97 Å². The lowest BCUT2D eigenvalue weighted by molar-refractivity contribution is -0.111. The summed E-state index contributed by atoms with van der Waals surface area (Å²) in [7, 11) is 1.29. The molecule has 132 valence electrons. The maximum absolute atomic E-state index is 13.7. The van der Waals surface area contributed by atoms with E-state index < -0.39 is 17.7 Å². The van der Waals surface area contributed by atoms with Crippen LogP contribution in [0.15, 0.2) is 24.3 Å². The number of anilines is 1. The monoisotopic (exact) mass is 381 g/mol. The molecule has 0 fully saturated rings. The number of amides is 1. The predicted molar refractivity (Wildman–Crippen MR) is 98.8 cm³/mol. The summed E-state index contributed by atoms with van der Waals surface area (Å²) < 4.78 is 18.5.